The van der Waals surface area contributed by atoms with E-state index in [1.807, 2.05) is 6.92 Å². The average molecular weight is 563 g/mol. The van der Waals surface area contributed by atoms with E-state index in [1.165, 1.54) is 23.1 Å². The molecule has 0 aromatic heterocycles. The first kappa shape index (κ1) is 28.5. The minimum Gasteiger partial charge on any atom is -0.355 e. The van der Waals surface area contributed by atoms with Gasteiger partial charge in [-0.1, -0.05) is 65.2 Å². The number of sulfonamides is 1. The Morgan fingerprint density at radius 3 is 2.16 bits per heavy atom. The summed E-state index contributed by atoms with van der Waals surface area (Å²) >= 11 is 12.4. The minimum atomic E-state index is -4.17. The van der Waals surface area contributed by atoms with Crippen molar-refractivity contribution < 1.29 is 18.0 Å². The summed E-state index contributed by atoms with van der Waals surface area (Å²) in [7, 11) is -4.17. The normalized spacial score (nSPS) is 12.0. The number of nitrogens with zero attached hydrogens (tertiary/aromatic N) is 2. The molecule has 0 bridgehead atoms. The van der Waals surface area contributed by atoms with Crippen LogP contribution in [0, 0.1) is 6.92 Å². The van der Waals surface area contributed by atoms with Crippen molar-refractivity contribution in [2.45, 2.75) is 38.3 Å². The fourth-order valence-corrected chi connectivity index (χ4v) is 5.54. The van der Waals surface area contributed by atoms with Crippen molar-refractivity contribution in [2.75, 3.05) is 17.4 Å². The van der Waals surface area contributed by atoms with Gasteiger partial charge in [0.2, 0.25) is 11.8 Å². The van der Waals surface area contributed by atoms with Crippen molar-refractivity contribution in [1.82, 2.24) is 10.2 Å². The zero-order chi connectivity index (χ0) is 27.2. The Bertz CT molecular complexity index is 1350. The summed E-state index contributed by atoms with van der Waals surface area (Å²) in [4.78, 5) is 27.8. The molecule has 0 aliphatic heterocycles. The van der Waals surface area contributed by atoms with Gasteiger partial charge < -0.3 is 10.2 Å². The summed E-state index contributed by atoms with van der Waals surface area (Å²) < 4.78 is 28.5. The van der Waals surface area contributed by atoms with Gasteiger partial charge in [0.1, 0.15) is 12.6 Å². The second kappa shape index (κ2) is 12.4. The quantitative estimate of drug-likeness (QED) is 0.375. The third-order valence-corrected chi connectivity index (χ3v) is 8.14. The number of hydrogen-bond acceptors (Lipinski definition) is 4. The molecule has 10 heteroatoms. The van der Waals surface area contributed by atoms with Gasteiger partial charge in [0, 0.05) is 18.1 Å². The van der Waals surface area contributed by atoms with Gasteiger partial charge >= 0.3 is 0 Å². The van der Waals surface area contributed by atoms with Gasteiger partial charge in [-0.05, 0) is 62.7 Å². The molecule has 196 valence electrons. The van der Waals surface area contributed by atoms with Crippen LogP contribution in [0.25, 0.3) is 0 Å². The van der Waals surface area contributed by atoms with Crippen LogP contribution in [-0.2, 0) is 26.2 Å². The monoisotopic (exact) mass is 561 g/mol. The molecule has 0 fully saturated rings. The molecule has 0 saturated heterocycles. The second-order valence-corrected chi connectivity index (χ2v) is 11.2. The lowest BCUT2D eigenvalue weighted by Gasteiger charge is -2.32. The number of benzene rings is 3. The number of anilines is 1. The molecule has 0 heterocycles. The molecule has 1 N–H and O–H groups in total. The largest absolute Gasteiger partial charge is 0.355 e. The van der Waals surface area contributed by atoms with Crippen LogP contribution in [0.5, 0.6) is 0 Å². The lowest BCUT2D eigenvalue weighted by Crippen LogP contribution is -2.51. The van der Waals surface area contributed by atoms with E-state index >= 15 is 0 Å². The first-order valence-electron chi connectivity index (χ1n) is 11.7. The summed E-state index contributed by atoms with van der Waals surface area (Å²) in [6, 6.07) is 18.8. The zero-order valence-corrected chi connectivity index (χ0v) is 23.1. The molecule has 1 atom stereocenters. The molecule has 0 aliphatic carbocycles. The summed E-state index contributed by atoms with van der Waals surface area (Å²) in [5, 5.41) is 3.43. The highest BCUT2D eigenvalue weighted by molar-refractivity contribution is 7.92. The summed E-state index contributed by atoms with van der Waals surface area (Å²) in [5.74, 6) is -0.917. The van der Waals surface area contributed by atoms with E-state index in [2.05, 4.69) is 5.32 Å². The van der Waals surface area contributed by atoms with Gasteiger partial charge in [0.15, 0.2) is 0 Å². The number of rotatable bonds is 10. The molecule has 37 heavy (non-hydrogen) atoms. The number of carbonyl (C=O) groups is 2. The van der Waals surface area contributed by atoms with Crippen LogP contribution < -0.4 is 9.62 Å². The maximum absolute atomic E-state index is 13.8. The fraction of sp³-hybridized carbons (Fsp3) is 0.259. The van der Waals surface area contributed by atoms with Gasteiger partial charge in [0.05, 0.1) is 15.6 Å². The highest BCUT2D eigenvalue weighted by atomic mass is 35.5. The van der Waals surface area contributed by atoms with E-state index in [4.69, 9.17) is 23.2 Å². The highest BCUT2D eigenvalue weighted by Crippen LogP contribution is 2.31. The van der Waals surface area contributed by atoms with Crippen molar-refractivity contribution in [3.63, 3.8) is 0 Å². The topological polar surface area (TPSA) is 86.8 Å². The van der Waals surface area contributed by atoms with Crippen LogP contribution in [0.4, 0.5) is 5.69 Å². The van der Waals surface area contributed by atoms with E-state index in [9.17, 15) is 18.0 Å². The first-order valence-corrected chi connectivity index (χ1v) is 13.9. The molecular formula is C27H29Cl2N3O4S. The van der Waals surface area contributed by atoms with Crippen LogP contribution in [-0.4, -0.2) is 44.3 Å². The third kappa shape index (κ3) is 7.03. The molecule has 3 aromatic carbocycles. The first-order chi connectivity index (χ1) is 17.5. The van der Waals surface area contributed by atoms with E-state index in [-0.39, 0.29) is 28.1 Å². The van der Waals surface area contributed by atoms with E-state index < -0.39 is 28.5 Å². The number of carbonyl (C=O) groups excluding carboxylic acids is 2. The number of hydrogen-bond donors (Lipinski definition) is 1. The van der Waals surface area contributed by atoms with E-state index in [0.29, 0.717) is 11.6 Å². The van der Waals surface area contributed by atoms with Crippen molar-refractivity contribution >= 4 is 50.7 Å². The Morgan fingerprint density at radius 2 is 1.57 bits per heavy atom. The van der Waals surface area contributed by atoms with Crippen LogP contribution in [0.1, 0.15) is 25.0 Å². The lowest BCUT2D eigenvalue weighted by molar-refractivity contribution is -0.139. The Balaban J connectivity index is 2.03. The van der Waals surface area contributed by atoms with Crippen LogP contribution in [0.2, 0.25) is 10.0 Å². The number of halogens is 2. The molecule has 0 radical (unpaired) electrons. The molecule has 0 unspecified atom stereocenters. The molecule has 3 rings (SSSR count). The Morgan fingerprint density at radius 1 is 0.946 bits per heavy atom. The maximum Gasteiger partial charge on any atom is 0.264 e. The fourth-order valence-electron chi connectivity index (χ4n) is 3.70. The number of nitrogens with one attached hydrogen (secondary N) is 1. The standard InChI is InChI=1S/C27H29Cl2N3O4S/c1-4-30-27(34)20(3)31(17-21-11-13-22(28)14-12-21)26(33)18-32(25-8-6-5-7-24(25)29)37(35,36)23-15-9-19(2)10-16-23/h5-16,20H,4,17-18H2,1-3H3,(H,30,34)/t20-/m1/s1. The van der Waals surface area contributed by atoms with Crippen LogP contribution in [0.3, 0.4) is 0 Å². The summed E-state index contributed by atoms with van der Waals surface area (Å²) in [6.07, 6.45) is 0. The van der Waals surface area contributed by atoms with Gasteiger partial charge in [-0.3, -0.25) is 13.9 Å². The van der Waals surface area contributed by atoms with Crippen molar-refractivity contribution in [2.24, 2.45) is 0 Å². The Labute approximate surface area is 228 Å². The highest BCUT2D eigenvalue weighted by Gasteiger charge is 2.33. The third-order valence-electron chi connectivity index (χ3n) is 5.79. The van der Waals surface area contributed by atoms with Crippen molar-refractivity contribution in [1.29, 1.82) is 0 Å². The van der Waals surface area contributed by atoms with Crippen LogP contribution >= 0.6 is 23.2 Å². The smallest absolute Gasteiger partial charge is 0.264 e. The molecular weight excluding hydrogens is 533 g/mol. The summed E-state index contributed by atoms with van der Waals surface area (Å²) in [6.45, 7) is 5.14. The van der Waals surface area contributed by atoms with Crippen LogP contribution in [0.15, 0.2) is 77.7 Å². The van der Waals surface area contributed by atoms with Gasteiger partial charge in [-0.25, -0.2) is 8.42 Å². The SMILES string of the molecule is CCNC(=O)[C@@H](C)N(Cc1ccc(Cl)cc1)C(=O)CN(c1ccccc1Cl)S(=O)(=O)c1ccc(C)cc1. The minimum absolute atomic E-state index is 0.0202. The Kier molecular flexibility index (Phi) is 9.59. The molecule has 2 amide bonds. The molecule has 7 nitrogen and oxygen atoms in total. The summed E-state index contributed by atoms with van der Waals surface area (Å²) in [5.41, 5.74) is 1.79. The van der Waals surface area contributed by atoms with E-state index in [0.717, 1.165) is 15.4 Å². The number of aryl methyl sites for hydroxylation is 1. The van der Waals surface area contributed by atoms with E-state index in [1.54, 1.807) is 68.4 Å². The number of likely N-dealkylation sites (N-methyl/N-ethyl adjacent to an activating group) is 1. The Hall–Kier alpha value is -3.07. The second-order valence-electron chi connectivity index (χ2n) is 8.49. The van der Waals surface area contributed by atoms with Gasteiger partial charge in [-0.2, -0.15) is 0 Å². The predicted molar refractivity (Wildman–Crippen MR) is 147 cm³/mol. The molecule has 0 saturated carbocycles. The van der Waals surface area contributed by atoms with Crippen molar-refractivity contribution in [3.8, 4) is 0 Å². The number of para-hydroxylation sites is 1. The zero-order valence-electron chi connectivity index (χ0n) is 20.8. The predicted octanol–water partition coefficient (Wildman–Crippen LogP) is 5.05. The molecule has 0 aliphatic rings. The lowest BCUT2D eigenvalue weighted by atomic mass is 10.1. The van der Waals surface area contributed by atoms with Gasteiger partial charge in [-0.15, -0.1) is 0 Å². The van der Waals surface area contributed by atoms with Gasteiger partial charge in [0.25, 0.3) is 10.0 Å². The molecule has 3 aromatic rings. The van der Waals surface area contributed by atoms with Crippen molar-refractivity contribution in [3.05, 3.63) is 94.0 Å². The maximum atomic E-state index is 13.8. The average Bonchev–Trinajstić information content (AvgIpc) is 2.87. The molecule has 0 spiro atoms. The number of amides is 2.